The first kappa shape index (κ1) is 58.1. The number of esters is 2. The van der Waals surface area contributed by atoms with Gasteiger partial charge in [0.1, 0.15) is 37.2 Å². The number of unbranched alkanes of at least 4 members (excludes halogenated alkanes) is 2. The maximum Gasteiger partial charge on any atom is 0.335 e. The molecule has 22 nitrogen and oxygen atoms in total. The molecule has 0 radical (unpaired) electrons. The van der Waals surface area contributed by atoms with E-state index >= 15 is 0 Å². The van der Waals surface area contributed by atoms with Crippen molar-refractivity contribution < 1.29 is 76.7 Å². The van der Waals surface area contributed by atoms with Gasteiger partial charge in [-0.15, -0.1) is 0 Å². The zero-order valence-corrected chi connectivity index (χ0v) is 44.1. The standard InChI is InChI=1S/C55H72N6O16/c1-34-20-22-54-31-73-52(71)50(35(2)21-24-72-39(36(3)62)15-10-11-17-49(69)77-40-27-42(76-41(54)25-34)55(32-75-55)53(40,54)4)74-33-59-45(65)29-58-51(70)38(26-37-13-7-5-8-14-37)60-46(66)30-57-44(64)28-56-43(63)16-9-6-12-23-61-47(67)18-19-48(61)68/h5,7-8,10-11,13-15,17-19,25,35-36,38-42,50,62H,6,9,12,16,20-24,26-33H2,1-4H3,(H,56,63)(H,57,64)(H,58,70)(H,59,65)(H,60,66)/b15-10+,17-11-. The number of ether oxygens (including phenoxy) is 6. The lowest BCUT2D eigenvalue weighted by molar-refractivity contribution is -0.235. The normalized spacial score (nSPS) is 30.5. The number of nitrogens with one attached hydrogen (secondary N) is 5. The molecule has 22 heteroatoms. The van der Waals surface area contributed by atoms with Gasteiger partial charge in [0.15, 0.2) is 6.10 Å². The molecule has 7 amide bonds. The van der Waals surface area contributed by atoms with Crippen molar-refractivity contribution in [2.24, 2.45) is 16.7 Å². The second kappa shape index (κ2) is 26.2. The fraction of sp³-hybridized carbons (Fsp3) is 0.582. The number of benzene rings is 1. The average Bonchev–Trinajstić information content (AvgIpc) is 2.86. The minimum Gasteiger partial charge on any atom is -0.463 e. The molecule has 1 aromatic rings. The van der Waals surface area contributed by atoms with Gasteiger partial charge in [-0.25, -0.2) is 9.59 Å². The van der Waals surface area contributed by atoms with Gasteiger partial charge in [0.2, 0.25) is 29.5 Å². The number of rotatable bonds is 20. The molecular formula is C55H72N6O16. The summed E-state index contributed by atoms with van der Waals surface area (Å²) >= 11 is 0. The van der Waals surface area contributed by atoms with Crippen molar-refractivity contribution in [3.05, 3.63) is 84.0 Å². The zero-order chi connectivity index (χ0) is 55.3. The monoisotopic (exact) mass is 1070 g/mol. The summed E-state index contributed by atoms with van der Waals surface area (Å²) in [6.07, 6.45) is 9.76. The van der Waals surface area contributed by atoms with Gasteiger partial charge in [0.25, 0.3) is 11.8 Å². The highest BCUT2D eigenvalue weighted by Gasteiger charge is 2.83. The molecule has 11 unspecified atom stereocenters. The summed E-state index contributed by atoms with van der Waals surface area (Å²) in [5.41, 5.74) is -0.635. The highest BCUT2D eigenvalue weighted by atomic mass is 16.6. The number of carbonyl (C=O) groups excluding carboxylic acids is 9. The molecule has 77 heavy (non-hydrogen) atoms. The molecule has 2 saturated heterocycles. The van der Waals surface area contributed by atoms with Crippen molar-refractivity contribution in [2.45, 2.75) is 134 Å². The third-order valence-corrected chi connectivity index (χ3v) is 15.7. The van der Waals surface area contributed by atoms with Gasteiger partial charge in [-0.2, -0.15) is 0 Å². The zero-order valence-electron chi connectivity index (χ0n) is 44.1. The molecule has 11 atom stereocenters. The second-order valence-corrected chi connectivity index (χ2v) is 20.8. The smallest absolute Gasteiger partial charge is 0.335 e. The largest absolute Gasteiger partial charge is 0.463 e. The predicted molar refractivity (Wildman–Crippen MR) is 273 cm³/mol. The molecule has 1 saturated carbocycles. The molecule has 4 aliphatic heterocycles. The van der Waals surface area contributed by atoms with E-state index in [4.69, 9.17) is 28.4 Å². The Hall–Kier alpha value is -6.59. The highest BCUT2D eigenvalue weighted by molar-refractivity contribution is 6.12. The lowest BCUT2D eigenvalue weighted by Gasteiger charge is -2.58. The number of cyclic esters (lactones) is 1. The maximum atomic E-state index is 14.4. The summed E-state index contributed by atoms with van der Waals surface area (Å²) in [5, 5.41) is 23.1. The van der Waals surface area contributed by atoms with Crippen molar-refractivity contribution in [1.82, 2.24) is 31.5 Å². The van der Waals surface area contributed by atoms with Crippen LogP contribution in [0.15, 0.2) is 78.4 Å². The van der Waals surface area contributed by atoms with Gasteiger partial charge in [-0.1, -0.05) is 80.5 Å². The summed E-state index contributed by atoms with van der Waals surface area (Å²) in [7, 11) is 0. The summed E-state index contributed by atoms with van der Waals surface area (Å²) in [4.78, 5) is 117. The van der Waals surface area contributed by atoms with Gasteiger partial charge >= 0.3 is 11.9 Å². The number of aliphatic hydroxyl groups excluding tert-OH is 1. The SMILES string of the molecule is CC1=CC2OC3CC4OC(=O)/C=C\C=C\C(C(C)O)OCCC(C)C(OCNC(=O)CNC(=O)C(Cc5ccccc5)NC(=O)CNC(=O)CNC(=O)CCCCCN5C(=O)C=CC5=O)C(=O)OCC2(CC1)C4(C)C31CO1. The first-order chi connectivity index (χ1) is 36.8. The minimum atomic E-state index is -1.23. The molecule has 7 rings (SSSR count). The van der Waals surface area contributed by atoms with Crippen LogP contribution in [0.1, 0.15) is 84.6 Å². The Morgan fingerprint density at radius 3 is 2.29 bits per heavy atom. The Balaban J connectivity index is 0.925. The van der Waals surface area contributed by atoms with Crippen LogP contribution < -0.4 is 26.6 Å². The molecule has 4 heterocycles. The number of carbonyl (C=O) groups is 9. The van der Waals surface area contributed by atoms with E-state index < -0.39 is 127 Å². The van der Waals surface area contributed by atoms with Gasteiger partial charge < -0.3 is 60.1 Å². The number of nitrogens with zero attached hydrogens (tertiary/aromatic N) is 1. The van der Waals surface area contributed by atoms with E-state index in [1.54, 1.807) is 56.3 Å². The van der Waals surface area contributed by atoms with Crippen LogP contribution in [0, 0.1) is 16.7 Å². The number of imide groups is 1. The van der Waals surface area contributed by atoms with Crippen LogP contribution in [0.3, 0.4) is 0 Å². The summed E-state index contributed by atoms with van der Waals surface area (Å²) in [6.45, 7) is 6.09. The highest BCUT2D eigenvalue weighted by Crippen LogP contribution is 2.72. The fourth-order valence-electron chi connectivity index (χ4n) is 11.0. The van der Waals surface area contributed by atoms with E-state index in [1.807, 2.05) is 13.8 Å². The number of hydrogen-bond donors (Lipinski definition) is 6. The third kappa shape index (κ3) is 14.1. The lowest BCUT2D eigenvalue weighted by Crippen LogP contribution is -2.67. The van der Waals surface area contributed by atoms with E-state index in [9.17, 15) is 48.3 Å². The Bertz CT molecular complexity index is 2470. The number of hydrogen-bond acceptors (Lipinski definition) is 16. The Morgan fingerprint density at radius 2 is 1.56 bits per heavy atom. The Kier molecular flexibility index (Phi) is 19.7. The van der Waals surface area contributed by atoms with Crippen LogP contribution in [-0.2, 0) is 78.0 Å². The minimum absolute atomic E-state index is 0.0367. The Labute approximate surface area is 447 Å². The van der Waals surface area contributed by atoms with Crippen LogP contribution in [0.4, 0.5) is 0 Å². The molecule has 418 valence electrons. The third-order valence-electron chi connectivity index (χ3n) is 15.7. The van der Waals surface area contributed by atoms with Crippen LogP contribution in [0.2, 0.25) is 0 Å². The Morgan fingerprint density at radius 1 is 0.857 bits per heavy atom. The molecule has 0 aromatic heterocycles. The molecular weight excluding hydrogens is 1000 g/mol. The molecule has 6 aliphatic rings. The van der Waals surface area contributed by atoms with E-state index in [1.165, 1.54) is 24.3 Å². The van der Waals surface area contributed by atoms with E-state index in [0.29, 0.717) is 50.7 Å². The fourth-order valence-corrected chi connectivity index (χ4v) is 11.0. The topological polar surface area (TPSA) is 296 Å². The van der Waals surface area contributed by atoms with Crippen LogP contribution >= 0.6 is 0 Å². The summed E-state index contributed by atoms with van der Waals surface area (Å²) in [6, 6.07) is 7.64. The van der Waals surface area contributed by atoms with Crippen molar-refractivity contribution in [1.29, 1.82) is 0 Å². The quantitative estimate of drug-likeness (QED) is 0.0266. The summed E-state index contributed by atoms with van der Waals surface area (Å²) < 4.78 is 37.6. The first-order valence-electron chi connectivity index (χ1n) is 26.4. The lowest BCUT2D eigenvalue weighted by atomic mass is 9.51. The average molecular weight is 1070 g/mol. The molecule has 2 bridgehead atoms. The van der Waals surface area contributed by atoms with E-state index in [-0.39, 0.29) is 56.9 Å². The van der Waals surface area contributed by atoms with Crippen LogP contribution in [-0.4, -0.2) is 164 Å². The number of allylic oxidation sites excluding steroid dienone is 3. The van der Waals surface area contributed by atoms with Crippen molar-refractivity contribution in [3.8, 4) is 0 Å². The maximum absolute atomic E-state index is 14.4. The number of amides is 7. The number of epoxide rings is 1. The first-order valence-corrected chi connectivity index (χ1v) is 26.4. The molecule has 3 fully saturated rings. The molecule has 2 aliphatic carbocycles. The second-order valence-electron chi connectivity index (χ2n) is 20.8. The van der Waals surface area contributed by atoms with Gasteiger partial charge in [0.05, 0.1) is 50.0 Å². The van der Waals surface area contributed by atoms with Crippen LogP contribution in [0.5, 0.6) is 0 Å². The van der Waals surface area contributed by atoms with Crippen LogP contribution in [0.25, 0.3) is 0 Å². The predicted octanol–water partition coefficient (Wildman–Crippen LogP) is 1.05. The summed E-state index contributed by atoms with van der Waals surface area (Å²) in [5.74, 6) is -5.70. The number of aliphatic hydroxyl groups is 1. The van der Waals surface area contributed by atoms with Crippen molar-refractivity contribution in [3.63, 3.8) is 0 Å². The molecule has 1 aromatic carbocycles. The van der Waals surface area contributed by atoms with Gasteiger partial charge in [-0.3, -0.25) is 38.5 Å². The van der Waals surface area contributed by atoms with E-state index in [0.717, 1.165) is 10.5 Å². The molecule has 6 N–H and O–H groups in total. The van der Waals surface area contributed by atoms with Crippen molar-refractivity contribution >= 4 is 53.3 Å². The van der Waals surface area contributed by atoms with Gasteiger partial charge in [-0.05, 0) is 57.4 Å². The molecule has 2 spiro atoms. The van der Waals surface area contributed by atoms with Gasteiger partial charge in [0, 0.05) is 56.1 Å². The van der Waals surface area contributed by atoms with E-state index in [2.05, 4.69) is 32.7 Å². The van der Waals surface area contributed by atoms with Crippen molar-refractivity contribution in [2.75, 3.05) is 52.7 Å².